The number of nitrogens with one attached hydrogen (secondary N) is 1. The fourth-order valence-electron chi connectivity index (χ4n) is 1.25. The number of hydrogen-bond acceptors (Lipinski definition) is 5. The summed E-state index contributed by atoms with van der Waals surface area (Å²) < 4.78 is 5.35. The van der Waals surface area contributed by atoms with Gasteiger partial charge in [-0.15, -0.1) is 0 Å². The monoisotopic (exact) mass is 252 g/mol. The van der Waals surface area contributed by atoms with Crippen LogP contribution in [0, 0.1) is 0 Å². The number of likely N-dealkylation sites (N-methyl/N-ethyl adjacent to an activating group) is 1. The van der Waals surface area contributed by atoms with E-state index in [1.807, 2.05) is 19.0 Å². The lowest BCUT2D eigenvalue weighted by molar-refractivity contribution is 0.0896. The van der Waals surface area contributed by atoms with Crippen LogP contribution in [0.15, 0.2) is 18.3 Å². The first-order chi connectivity index (χ1) is 8.59. The zero-order valence-electron chi connectivity index (χ0n) is 10.8. The molecule has 0 aliphatic carbocycles. The molecule has 6 nitrogen and oxygen atoms in total. The minimum Gasteiger partial charge on any atom is -0.399 e. The Balaban J connectivity index is 2.18. The van der Waals surface area contributed by atoms with Crippen LogP contribution in [0.3, 0.4) is 0 Å². The van der Waals surface area contributed by atoms with E-state index in [4.69, 9.17) is 10.5 Å². The molecule has 0 bridgehead atoms. The second-order valence-corrected chi connectivity index (χ2v) is 4.15. The zero-order chi connectivity index (χ0) is 13.4. The second-order valence-electron chi connectivity index (χ2n) is 4.15. The number of pyridine rings is 1. The van der Waals surface area contributed by atoms with Gasteiger partial charge in [0.2, 0.25) is 0 Å². The van der Waals surface area contributed by atoms with Crippen molar-refractivity contribution in [2.75, 3.05) is 46.1 Å². The number of carbonyl (C=O) groups excluding carboxylic acids is 1. The van der Waals surface area contributed by atoms with E-state index in [0.717, 1.165) is 6.54 Å². The van der Waals surface area contributed by atoms with Gasteiger partial charge in [0.25, 0.3) is 5.91 Å². The van der Waals surface area contributed by atoms with Gasteiger partial charge in [-0.25, -0.2) is 0 Å². The highest BCUT2D eigenvalue weighted by atomic mass is 16.5. The van der Waals surface area contributed by atoms with Crippen LogP contribution in [0.4, 0.5) is 5.69 Å². The van der Waals surface area contributed by atoms with Crippen LogP contribution in [0.1, 0.15) is 10.5 Å². The Labute approximate surface area is 107 Å². The van der Waals surface area contributed by atoms with Crippen LogP contribution in [0.5, 0.6) is 0 Å². The van der Waals surface area contributed by atoms with E-state index in [0.29, 0.717) is 31.1 Å². The molecule has 0 aliphatic rings. The summed E-state index contributed by atoms with van der Waals surface area (Å²) in [6.45, 7) is 2.47. The summed E-state index contributed by atoms with van der Waals surface area (Å²) in [6, 6.07) is 3.18. The average Bonchev–Trinajstić information content (AvgIpc) is 2.33. The molecule has 1 rings (SSSR count). The van der Waals surface area contributed by atoms with Gasteiger partial charge >= 0.3 is 0 Å². The maximum atomic E-state index is 11.6. The van der Waals surface area contributed by atoms with Crippen molar-refractivity contribution in [3.8, 4) is 0 Å². The number of nitrogen functional groups attached to an aromatic ring is 1. The largest absolute Gasteiger partial charge is 0.399 e. The minimum atomic E-state index is -0.237. The molecule has 1 aromatic heterocycles. The maximum Gasteiger partial charge on any atom is 0.270 e. The molecule has 0 spiro atoms. The fraction of sp³-hybridized carbons (Fsp3) is 0.500. The van der Waals surface area contributed by atoms with Crippen molar-refractivity contribution in [3.05, 3.63) is 24.0 Å². The topological polar surface area (TPSA) is 80.5 Å². The second kappa shape index (κ2) is 7.62. The van der Waals surface area contributed by atoms with Crippen LogP contribution in [-0.4, -0.2) is 56.2 Å². The molecule has 0 aromatic carbocycles. The zero-order valence-corrected chi connectivity index (χ0v) is 10.8. The summed E-state index contributed by atoms with van der Waals surface area (Å²) in [5.74, 6) is -0.237. The maximum absolute atomic E-state index is 11.6. The third-order valence-electron chi connectivity index (χ3n) is 2.23. The Hall–Kier alpha value is -1.66. The molecule has 1 amide bonds. The molecule has 3 N–H and O–H groups in total. The van der Waals surface area contributed by atoms with Crippen LogP contribution in [0.2, 0.25) is 0 Å². The summed E-state index contributed by atoms with van der Waals surface area (Å²) in [5.41, 5.74) is 6.42. The van der Waals surface area contributed by atoms with E-state index >= 15 is 0 Å². The van der Waals surface area contributed by atoms with Crippen molar-refractivity contribution < 1.29 is 9.53 Å². The van der Waals surface area contributed by atoms with Crippen molar-refractivity contribution in [2.45, 2.75) is 0 Å². The molecule has 1 heterocycles. The molecular weight excluding hydrogens is 232 g/mol. The predicted molar refractivity (Wildman–Crippen MR) is 70.4 cm³/mol. The van der Waals surface area contributed by atoms with Crippen LogP contribution in [0.25, 0.3) is 0 Å². The third kappa shape index (κ3) is 5.60. The SMILES string of the molecule is CN(C)CCOCCNC(=O)c1cc(N)ccn1. The Morgan fingerprint density at radius 2 is 2.28 bits per heavy atom. The van der Waals surface area contributed by atoms with Crippen molar-refractivity contribution in [1.29, 1.82) is 0 Å². The number of ether oxygens (including phenoxy) is 1. The number of amides is 1. The number of rotatable bonds is 7. The summed E-state index contributed by atoms with van der Waals surface area (Å²) in [6.07, 6.45) is 1.51. The van der Waals surface area contributed by atoms with E-state index < -0.39 is 0 Å². The fourth-order valence-corrected chi connectivity index (χ4v) is 1.25. The quantitative estimate of drug-likeness (QED) is 0.666. The van der Waals surface area contributed by atoms with E-state index in [-0.39, 0.29) is 5.91 Å². The number of hydrogen-bond donors (Lipinski definition) is 2. The Kier molecular flexibility index (Phi) is 6.10. The number of carbonyl (C=O) groups is 1. The molecule has 0 aliphatic heterocycles. The molecule has 0 saturated carbocycles. The van der Waals surface area contributed by atoms with Gasteiger partial charge in [-0.1, -0.05) is 0 Å². The van der Waals surface area contributed by atoms with Crippen LogP contribution >= 0.6 is 0 Å². The molecule has 1 aromatic rings. The minimum absolute atomic E-state index is 0.237. The molecule has 0 fully saturated rings. The van der Waals surface area contributed by atoms with Gasteiger partial charge in [0, 0.05) is 25.0 Å². The lowest BCUT2D eigenvalue weighted by atomic mass is 10.3. The standard InChI is InChI=1S/C12H20N4O2/c1-16(2)6-8-18-7-5-15-12(17)11-9-10(13)3-4-14-11/h3-4,9H,5-8H2,1-2H3,(H2,13,14)(H,15,17). The third-order valence-corrected chi connectivity index (χ3v) is 2.23. The molecule has 0 radical (unpaired) electrons. The molecule has 100 valence electrons. The van der Waals surface area contributed by atoms with Gasteiger partial charge < -0.3 is 20.7 Å². The molecule has 0 saturated heterocycles. The highest BCUT2D eigenvalue weighted by Gasteiger charge is 2.05. The number of anilines is 1. The number of nitrogens with zero attached hydrogens (tertiary/aromatic N) is 2. The van der Waals surface area contributed by atoms with Gasteiger partial charge in [0.05, 0.1) is 13.2 Å². The van der Waals surface area contributed by atoms with Crippen LogP contribution in [-0.2, 0) is 4.74 Å². The Morgan fingerprint density at radius 3 is 2.94 bits per heavy atom. The summed E-state index contributed by atoms with van der Waals surface area (Å²) in [7, 11) is 3.97. The van der Waals surface area contributed by atoms with Crippen molar-refractivity contribution >= 4 is 11.6 Å². The highest BCUT2D eigenvalue weighted by molar-refractivity contribution is 5.92. The highest BCUT2D eigenvalue weighted by Crippen LogP contribution is 2.02. The van der Waals surface area contributed by atoms with Gasteiger partial charge in [0.15, 0.2) is 0 Å². The predicted octanol–water partition coefficient (Wildman–Crippen LogP) is -0.0282. The van der Waals surface area contributed by atoms with Gasteiger partial charge in [0.1, 0.15) is 5.69 Å². The normalized spacial score (nSPS) is 10.6. The van der Waals surface area contributed by atoms with Crippen molar-refractivity contribution in [2.24, 2.45) is 0 Å². The number of aromatic nitrogens is 1. The van der Waals surface area contributed by atoms with Gasteiger partial charge in [-0.05, 0) is 26.2 Å². The summed E-state index contributed by atoms with van der Waals surface area (Å²) >= 11 is 0. The lowest BCUT2D eigenvalue weighted by Gasteiger charge is -2.10. The van der Waals surface area contributed by atoms with E-state index in [2.05, 4.69) is 10.3 Å². The van der Waals surface area contributed by atoms with Crippen LogP contribution < -0.4 is 11.1 Å². The van der Waals surface area contributed by atoms with E-state index in [9.17, 15) is 4.79 Å². The van der Waals surface area contributed by atoms with Gasteiger partial charge in [-0.3, -0.25) is 9.78 Å². The molecule has 0 atom stereocenters. The van der Waals surface area contributed by atoms with Crippen molar-refractivity contribution in [1.82, 2.24) is 15.2 Å². The Morgan fingerprint density at radius 1 is 1.50 bits per heavy atom. The first-order valence-corrected chi connectivity index (χ1v) is 5.82. The summed E-state index contributed by atoms with van der Waals surface area (Å²) in [4.78, 5) is 17.6. The lowest BCUT2D eigenvalue weighted by Crippen LogP contribution is -2.29. The first-order valence-electron chi connectivity index (χ1n) is 5.82. The molecule has 18 heavy (non-hydrogen) atoms. The molecule has 0 unspecified atom stereocenters. The smallest absolute Gasteiger partial charge is 0.270 e. The van der Waals surface area contributed by atoms with Crippen molar-refractivity contribution in [3.63, 3.8) is 0 Å². The average molecular weight is 252 g/mol. The molecule has 6 heteroatoms. The van der Waals surface area contributed by atoms with E-state index in [1.54, 1.807) is 12.1 Å². The summed E-state index contributed by atoms with van der Waals surface area (Å²) in [5, 5.41) is 2.72. The first kappa shape index (κ1) is 14.4. The van der Waals surface area contributed by atoms with E-state index in [1.165, 1.54) is 6.20 Å². The number of nitrogens with two attached hydrogens (primary N) is 1. The molecular formula is C12H20N4O2. The Bertz CT molecular complexity index is 382. The van der Waals surface area contributed by atoms with Gasteiger partial charge in [-0.2, -0.15) is 0 Å².